The first-order valence-electron chi connectivity index (χ1n) is 2.91. The highest BCUT2D eigenvalue weighted by molar-refractivity contribution is 14.1. The molecule has 0 radical (unpaired) electrons. The molecule has 0 aromatic heterocycles. The van der Waals surface area contributed by atoms with Crippen LogP contribution in [0.1, 0.15) is 26.7 Å². The Labute approximate surface area is 64.0 Å². The van der Waals surface area contributed by atoms with Crippen LogP contribution >= 0.6 is 22.6 Å². The number of carbonyl (C=O) groups excluding carboxylic acids is 1. The van der Waals surface area contributed by atoms with Crippen LogP contribution in [0.2, 0.25) is 0 Å². The largest absolute Gasteiger partial charge is 0.287 e. The molecule has 0 fully saturated rings. The lowest BCUT2D eigenvalue weighted by Crippen LogP contribution is -2.03. The fraction of sp³-hybridized carbons (Fsp3) is 0.833. The van der Waals surface area contributed by atoms with Crippen LogP contribution in [0.4, 0.5) is 0 Å². The Hall–Kier alpha value is 0.400. The topological polar surface area (TPSA) is 17.1 Å². The van der Waals surface area contributed by atoms with Crippen molar-refractivity contribution in [2.45, 2.75) is 26.7 Å². The number of hydrogen-bond donors (Lipinski definition) is 0. The van der Waals surface area contributed by atoms with Gasteiger partial charge in [0.25, 0.3) is 0 Å². The molecule has 0 spiro atoms. The minimum Gasteiger partial charge on any atom is -0.287 e. The number of halogens is 1. The summed E-state index contributed by atoms with van der Waals surface area (Å²) in [5.74, 6) is 0.301. The van der Waals surface area contributed by atoms with Crippen molar-refractivity contribution in [2.75, 3.05) is 0 Å². The maximum absolute atomic E-state index is 10.6. The van der Waals surface area contributed by atoms with Gasteiger partial charge in [-0.05, 0) is 35.4 Å². The first-order chi connectivity index (χ1) is 3.72. The van der Waals surface area contributed by atoms with E-state index < -0.39 is 0 Å². The van der Waals surface area contributed by atoms with Crippen LogP contribution in [0.3, 0.4) is 0 Å². The monoisotopic (exact) mass is 226 g/mol. The van der Waals surface area contributed by atoms with Crippen molar-refractivity contribution < 1.29 is 4.79 Å². The van der Waals surface area contributed by atoms with Crippen molar-refractivity contribution in [3.05, 3.63) is 0 Å². The van der Waals surface area contributed by atoms with E-state index in [9.17, 15) is 4.79 Å². The summed E-state index contributed by atoms with van der Waals surface area (Å²) in [6, 6.07) is 0. The molecule has 1 nitrogen and oxygen atoms in total. The zero-order valence-electron chi connectivity index (χ0n) is 5.28. The van der Waals surface area contributed by atoms with Gasteiger partial charge in [0.1, 0.15) is 0 Å². The van der Waals surface area contributed by atoms with E-state index in [0.717, 1.165) is 12.8 Å². The van der Waals surface area contributed by atoms with Crippen LogP contribution in [-0.2, 0) is 4.79 Å². The maximum atomic E-state index is 10.6. The van der Waals surface area contributed by atoms with E-state index in [1.807, 2.05) is 36.4 Å². The van der Waals surface area contributed by atoms with Crippen LogP contribution in [-0.4, -0.2) is 3.79 Å². The highest BCUT2D eigenvalue weighted by Crippen LogP contribution is 2.11. The molecular formula is C6H11IO. The summed E-state index contributed by atoms with van der Waals surface area (Å²) >= 11 is 1.87. The van der Waals surface area contributed by atoms with Crippen LogP contribution in [0, 0.1) is 5.92 Å². The van der Waals surface area contributed by atoms with Crippen molar-refractivity contribution in [3.63, 3.8) is 0 Å². The predicted molar refractivity (Wildman–Crippen MR) is 43.1 cm³/mol. The van der Waals surface area contributed by atoms with Gasteiger partial charge in [-0.15, -0.1) is 0 Å². The van der Waals surface area contributed by atoms with Gasteiger partial charge < -0.3 is 0 Å². The molecular weight excluding hydrogens is 215 g/mol. The lowest BCUT2D eigenvalue weighted by Gasteiger charge is -2.03. The molecule has 0 saturated carbocycles. The Morgan fingerprint density at radius 3 is 1.88 bits per heavy atom. The van der Waals surface area contributed by atoms with Gasteiger partial charge in [-0.25, -0.2) is 0 Å². The van der Waals surface area contributed by atoms with Crippen LogP contribution < -0.4 is 0 Å². The summed E-state index contributed by atoms with van der Waals surface area (Å²) in [5.41, 5.74) is 0. The molecule has 0 aliphatic rings. The van der Waals surface area contributed by atoms with E-state index >= 15 is 0 Å². The average Bonchev–Trinajstić information content (AvgIpc) is 1.69. The van der Waals surface area contributed by atoms with Crippen molar-refractivity contribution >= 4 is 26.4 Å². The smallest absolute Gasteiger partial charge is 0.195 e. The SMILES string of the molecule is CCC(CC)C(=O)I. The van der Waals surface area contributed by atoms with Gasteiger partial charge in [-0.2, -0.15) is 0 Å². The van der Waals surface area contributed by atoms with Crippen molar-refractivity contribution in [1.29, 1.82) is 0 Å². The molecule has 0 aromatic rings. The highest BCUT2D eigenvalue weighted by atomic mass is 127. The lowest BCUT2D eigenvalue weighted by molar-refractivity contribution is -0.112. The number of rotatable bonds is 3. The fourth-order valence-electron chi connectivity index (χ4n) is 0.610. The molecule has 0 aromatic carbocycles. The summed E-state index contributed by atoms with van der Waals surface area (Å²) in [4.78, 5) is 10.6. The quantitative estimate of drug-likeness (QED) is 0.533. The van der Waals surface area contributed by atoms with E-state index in [4.69, 9.17) is 0 Å². The predicted octanol–water partition coefficient (Wildman–Crippen LogP) is 2.38. The molecule has 0 atom stereocenters. The van der Waals surface area contributed by atoms with Crippen molar-refractivity contribution in [2.24, 2.45) is 5.92 Å². The van der Waals surface area contributed by atoms with Crippen LogP contribution in [0.5, 0.6) is 0 Å². The molecule has 0 N–H and O–H groups in total. The highest BCUT2D eigenvalue weighted by Gasteiger charge is 2.08. The van der Waals surface area contributed by atoms with Gasteiger partial charge in [0, 0.05) is 5.92 Å². The van der Waals surface area contributed by atoms with Gasteiger partial charge in [-0.3, -0.25) is 4.79 Å². The second-order valence-corrected chi connectivity index (χ2v) is 2.88. The normalized spacial score (nSPS) is 10.0. The van der Waals surface area contributed by atoms with E-state index in [2.05, 4.69) is 0 Å². The van der Waals surface area contributed by atoms with Gasteiger partial charge in [0.2, 0.25) is 0 Å². The minimum atomic E-state index is 0.299. The van der Waals surface area contributed by atoms with Gasteiger partial charge >= 0.3 is 0 Å². The van der Waals surface area contributed by atoms with Gasteiger partial charge in [0.05, 0.1) is 0 Å². The van der Waals surface area contributed by atoms with E-state index in [1.54, 1.807) is 0 Å². The van der Waals surface area contributed by atoms with Crippen LogP contribution in [0.15, 0.2) is 0 Å². The van der Waals surface area contributed by atoms with E-state index in [1.165, 1.54) is 0 Å². The van der Waals surface area contributed by atoms with Crippen LogP contribution in [0.25, 0.3) is 0 Å². The maximum Gasteiger partial charge on any atom is 0.195 e. The van der Waals surface area contributed by atoms with Crippen molar-refractivity contribution in [1.82, 2.24) is 0 Å². The molecule has 0 saturated heterocycles. The minimum absolute atomic E-state index is 0.299. The first kappa shape index (κ1) is 8.40. The fourth-order valence-corrected chi connectivity index (χ4v) is 1.49. The molecule has 0 aliphatic carbocycles. The summed E-state index contributed by atoms with van der Waals surface area (Å²) in [5, 5.41) is 0. The van der Waals surface area contributed by atoms with E-state index in [-0.39, 0.29) is 0 Å². The molecule has 0 rings (SSSR count). The van der Waals surface area contributed by atoms with E-state index in [0.29, 0.717) is 9.71 Å². The molecule has 0 unspecified atom stereocenters. The summed E-state index contributed by atoms with van der Waals surface area (Å²) < 4.78 is 0.299. The number of hydrogen-bond acceptors (Lipinski definition) is 1. The average molecular weight is 226 g/mol. The molecule has 0 aliphatic heterocycles. The standard InChI is InChI=1S/C6H11IO/c1-3-5(4-2)6(7)8/h5H,3-4H2,1-2H3. The molecule has 2 heteroatoms. The molecule has 0 heterocycles. The lowest BCUT2D eigenvalue weighted by atomic mass is 10.1. The number of carbonyl (C=O) groups is 1. The zero-order valence-corrected chi connectivity index (χ0v) is 7.44. The Bertz CT molecular complexity index is 76.6. The molecule has 8 heavy (non-hydrogen) atoms. The second kappa shape index (κ2) is 4.30. The third-order valence-electron chi connectivity index (χ3n) is 1.31. The third kappa shape index (κ3) is 2.64. The Balaban J connectivity index is 3.52. The molecule has 0 bridgehead atoms. The first-order valence-corrected chi connectivity index (χ1v) is 3.99. The zero-order chi connectivity index (χ0) is 6.57. The van der Waals surface area contributed by atoms with Gasteiger partial charge in [-0.1, -0.05) is 13.8 Å². The Morgan fingerprint density at radius 1 is 1.50 bits per heavy atom. The second-order valence-electron chi connectivity index (χ2n) is 1.82. The van der Waals surface area contributed by atoms with Crippen molar-refractivity contribution in [3.8, 4) is 0 Å². The Kier molecular flexibility index (Phi) is 4.51. The molecule has 0 amide bonds. The third-order valence-corrected chi connectivity index (χ3v) is 2.19. The van der Waals surface area contributed by atoms with Gasteiger partial charge in [0.15, 0.2) is 3.79 Å². The summed E-state index contributed by atoms with van der Waals surface area (Å²) in [6.45, 7) is 4.09. The Morgan fingerprint density at radius 2 is 1.88 bits per heavy atom. The summed E-state index contributed by atoms with van der Waals surface area (Å²) in [7, 11) is 0. The molecule has 48 valence electrons. The summed E-state index contributed by atoms with van der Waals surface area (Å²) in [6.07, 6.45) is 1.97.